The normalized spacial score (nSPS) is 19.8. The van der Waals surface area contributed by atoms with Crippen LogP contribution in [-0.4, -0.2) is 24.3 Å². The summed E-state index contributed by atoms with van der Waals surface area (Å²) in [4.78, 5) is 28.3. The van der Waals surface area contributed by atoms with E-state index < -0.39 is 0 Å². The molecule has 6 heteroatoms. The van der Waals surface area contributed by atoms with Gasteiger partial charge in [0.25, 0.3) is 0 Å². The molecule has 2 aromatic carbocycles. The van der Waals surface area contributed by atoms with Crippen molar-refractivity contribution in [3.8, 4) is 0 Å². The maximum atomic E-state index is 13.2. The van der Waals surface area contributed by atoms with E-state index in [4.69, 9.17) is 11.6 Å². The van der Waals surface area contributed by atoms with Crippen LogP contribution in [0.25, 0.3) is 0 Å². The second-order valence-corrected chi connectivity index (χ2v) is 9.46. The molecule has 5 nitrogen and oxygen atoms in total. The standard InChI is InChI=1S/C25H28ClN3O2/c1-4-20-24-19(13-25(2,3)14-22(24)30)27-18-11-7-8-12-21(18)29(20)15-23(31)28-17-10-6-5-9-16(17)26/h5-12,20,27H,4,13-15H2,1-3H3,(H,28,31)/t20-/m1/s1. The molecular weight excluding hydrogens is 410 g/mol. The van der Waals surface area contributed by atoms with Gasteiger partial charge >= 0.3 is 0 Å². The van der Waals surface area contributed by atoms with E-state index in [1.165, 1.54) is 0 Å². The first kappa shape index (κ1) is 21.4. The Morgan fingerprint density at radius 1 is 1.16 bits per heavy atom. The summed E-state index contributed by atoms with van der Waals surface area (Å²) in [7, 11) is 0. The fraction of sp³-hybridized carbons (Fsp3) is 0.360. The van der Waals surface area contributed by atoms with Crippen molar-refractivity contribution in [3.05, 3.63) is 64.8 Å². The number of nitrogens with zero attached hydrogens (tertiary/aromatic N) is 1. The van der Waals surface area contributed by atoms with E-state index in [2.05, 4.69) is 31.4 Å². The lowest BCUT2D eigenvalue weighted by molar-refractivity contribution is -0.119. The summed E-state index contributed by atoms with van der Waals surface area (Å²) in [5.74, 6) is -0.0103. The zero-order chi connectivity index (χ0) is 22.2. The Hall–Kier alpha value is -2.79. The van der Waals surface area contributed by atoms with Crippen molar-refractivity contribution >= 4 is 40.4 Å². The maximum Gasteiger partial charge on any atom is 0.243 e. The molecule has 162 valence electrons. The number of hydrogen-bond donors (Lipinski definition) is 2. The fourth-order valence-electron chi connectivity index (χ4n) is 4.68. The highest BCUT2D eigenvalue weighted by Gasteiger charge is 2.40. The van der Waals surface area contributed by atoms with Crippen LogP contribution in [0, 0.1) is 5.41 Å². The number of halogens is 1. The summed E-state index contributed by atoms with van der Waals surface area (Å²) in [6.07, 6.45) is 2.04. The third-order valence-electron chi connectivity index (χ3n) is 5.98. The molecule has 0 spiro atoms. The number of carbonyl (C=O) groups excluding carboxylic acids is 2. The van der Waals surface area contributed by atoms with Gasteiger partial charge in [-0.2, -0.15) is 0 Å². The molecule has 0 radical (unpaired) electrons. The number of para-hydroxylation sites is 3. The zero-order valence-corrected chi connectivity index (χ0v) is 18.9. The van der Waals surface area contributed by atoms with Crippen LogP contribution in [0.2, 0.25) is 5.02 Å². The predicted octanol–water partition coefficient (Wildman–Crippen LogP) is 5.63. The van der Waals surface area contributed by atoms with Gasteiger partial charge in [-0.25, -0.2) is 0 Å². The van der Waals surface area contributed by atoms with E-state index in [-0.39, 0.29) is 29.7 Å². The monoisotopic (exact) mass is 437 g/mol. The van der Waals surface area contributed by atoms with E-state index in [0.29, 0.717) is 17.1 Å². The highest BCUT2D eigenvalue weighted by atomic mass is 35.5. The average Bonchev–Trinajstić information content (AvgIpc) is 2.83. The smallest absolute Gasteiger partial charge is 0.243 e. The predicted molar refractivity (Wildman–Crippen MR) is 127 cm³/mol. The number of nitrogens with one attached hydrogen (secondary N) is 2. The van der Waals surface area contributed by atoms with Crippen LogP contribution in [0.15, 0.2) is 59.8 Å². The van der Waals surface area contributed by atoms with Gasteiger partial charge < -0.3 is 15.5 Å². The van der Waals surface area contributed by atoms with E-state index >= 15 is 0 Å². The van der Waals surface area contributed by atoms with Crippen molar-refractivity contribution < 1.29 is 9.59 Å². The molecule has 4 rings (SSSR count). The Kier molecular flexibility index (Phi) is 5.80. The summed E-state index contributed by atoms with van der Waals surface area (Å²) >= 11 is 6.22. The molecule has 2 aromatic rings. The van der Waals surface area contributed by atoms with E-state index in [0.717, 1.165) is 35.5 Å². The molecule has 1 aliphatic carbocycles. The number of ketones is 1. The molecule has 2 N–H and O–H groups in total. The lowest BCUT2D eigenvalue weighted by Gasteiger charge is -2.37. The number of rotatable bonds is 4. The second-order valence-electron chi connectivity index (χ2n) is 9.06. The number of allylic oxidation sites excluding steroid dienone is 1. The highest BCUT2D eigenvalue weighted by Crippen LogP contribution is 2.44. The van der Waals surface area contributed by atoms with Crippen molar-refractivity contribution in [2.45, 2.75) is 46.1 Å². The summed E-state index contributed by atoms with van der Waals surface area (Å²) in [5, 5.41) is 6.95. The summed E-state index contributed by atoms with van der Waals surface area (Å²) in [5.41, 5.74) is 4.12. The Bertz CT molecular complexity index is 1060. The molecule has 0 unspecified atom stereocenters. The first-order valence-electron chi connectivity index (χ1n) is 10.7. The minimum Gasteiger partial charge on any atom is -0.357 e. The SMILES string of the molecule is CC[C@@H]1C2=C(CC(C)(C)CC2=O)Nc2ccccc2N1CC(=O)Nc1ccccc1Cl. The number of anilines is 3. The minimum atomic E-state index is -0.174. The highest BCUT2D eigenvalue weighted by molar-refractivity contribution is 6.33. The molecule has 1 aliphatic heterocycles. The van der Waals surface area contributed by atoms with Gasteiger partial charge in [0.05, 0.1) is 34.7 Å². The topological polar surface area (TPSA) is 61.4 Å². The van der Waals surface area contributed by atoms with Crippen LogP contribution in [-0.2, 0) is 9.59 Å². The Morgan fingerprint density at radius 3 is 2.61 bits per heavy atom. The van der Waals surface area contributed by atoms with E-state index in [1.54, 1.807) is 12.1 Å². The molecular formula is C25H28ClN3O2. The Morgan fingerprint density at radius 2 is 1.87 bits per heavy atom. The van der Waals surface area contributed by atoms with Gasteiger partial charge in [0.15, 0.2) is 5.78 Å². The second kappa shape index (κ2) is 8.39. The first-order chi connectivity index (χ1) is 14.8. The Labute approximate surface area is 188 Å². The van der Waals surface area contributed by atoms with E-state index in [9.17, 15) is 9.59 Å². The number of carbonyl (C=O) groups is 2. The summed E-state index contributed by atoms with van der Waals surface area (Å²) in [6.45, 7) is 6.44. The number of Topliss-reactive ketones (excluding diaryl/α,β-unsaturated/α-hetero) is 1. The van der Waals surface area contributed by atoms with Gasteiger partial charge in [-0.3, -0.25) is 9.59 Å². The quantitative estimate of drug-likeness (QED) is 0.650. The van der Waals surface area contributed by atoms with Gasteiger partial charge in [0.1, 0.15) is 0 Å². The van der Waals surface area contributed by atoms with Crippen LogP contribution < -0.4 is 15.5 Å². The van der Waals surface area contributed by atoms with Crippen molar-refractivity contribution in [1.82, 2.24) is 0 Å². The van der Waals surface area contributed by atoms with Gasteiger partial charge in [0, 0.05) is 17.7 Å². The van der Waals surface area contributed by atoms with Crippen LogP contribution >= 0.6 is 11.6 Å². The van der Waals surface area contributed by atoms with Gasteiger partial charge in [-0.15, -0.1) is 0 Å². The molecule has 31 heavy (non-hydrogen) atoms. The molecule has 0 saturated heterocycles. The number of benzene rings is 2. The molecule has 1 amide bonds. The minimum absolute atomic E-state index is 0.0905. The van der Waals surface area contributed by atoms with Crippen molar-refractivity contribution in [3.63, 3.8) is 0 Å². The number of amides is 1. The van der Waals surface area contributed by atoms with Gasteiger partial charge in [0.2, 0.25) is 5.91 Å². The van der Waals surface area contributed by atoms with Crippen LogP contribution in [0.4, 0.5) is 17.1 Å². The third-order valence-corrected chi connectivity index (χ3v) is 6.31. The molecule has 0 bridgehead atoms. The van der Waals surface area contributed by atoms with Crippen LogP contribution in [0.3, 0.4) is 0 Å². The molecule has 1 heterocycles. The maximum absolute atomic E-state index is 13.2. The Balaban J connectivity index is 1.72. The molecule has 2 aliphatic rings. The van der Waals surface area contributed by atoms with Crippen LogP contribution in [0.1, 0.15) is 40.0 Å². The molecule has 1 atom stereocenters. The third kappa shape index (κ3) is 4.33. The van der Waals surface area contributed by atoms with Gasteiger partial charge in [-0.1, -0.05) is 56.6 Å². The summed E-state index contributed by atoms with van der Waals surface area (Å²) < 4.78 is 0. The molecule has 0 fully saturated rings. The molecule has 0 aromatic heterocycles. The van der Waals surface area contributed by atoms with Crippen molar-refractivity contribution in [1.29, 1.82) is 0 Å². The van der Waals surface area contributed by atoms with Gasteiger partial charge in [-0.05, 0) is 42.5 Å². The van der Waals surface area contributed by atoms with Crippen molar-refractivity contribution in [2.24, 2.45) is 5.41 Å². The lowest BCUT2D eigenvalue weighted by Crippen LogP contribution is -2.44. The number of hydrogen-bond acceptors (Lipinski definition) is 4. The van der Waals surface area contributed by atoms with Crippen LogP contribution in [0.5, 0.6) is 0 Å². The van der Waals surface area contributed by atoms with Crippen molar-refractivity contribution in [2.75, 3.05) is 22.1 Å². The largest absolute Gasteiger partial charge is 0.357 e. The zero-order valence-electron chi connectivity index (χ0n) is 18.2. The lowest BCUT2D eigenvalue weighted by atomic mass is 9.74. The molecule has 0 saturated carbocycles. The number of fused-ring (bicyclic) bond motifs is 1. The summed E-state index contributed by atoms with van der Waals surface area (Å²) in [6, 6.07) is 14.9. The fourth-order valence-corrected chi connectivity index (χ4v) is 4.86. The average molecular weight is 438 g/mol. The first-order valence-corrected chi connectivity index (χ1v) is 11.1. The van der Waals surface area contributed by atoms with E-state index in [1.807, 2.05) is 41.3 Å².